The van der Waals surface area contributed by atoms with E-state index in [9.17, 15) is 0 Å². The number of hydrogen-bond donors (Lipinski definition) is 0. The zero-order valence-electron chi connectivity index (χ0n) is 36.4. The molecule has 0 aliphatic heterocycles. The zero-order chi connectivity index (χ0) is 43.1. The van der Waals surface area contributed by atoms with Gasteiger partial charge in [0.1, 0.15) is 0 Å². The van der Waals surface area contributed by atoms with Crippen LogP contribution in [0.4, 0.5) is 0 Å². The van der Waals surface area contributed by atoms with Crippen molar-refractivity contribution in [1.29, 1.82) is 0 Å². The first-order valence-electron chi connectivity index (χ1n) is 21.4. The molecule has 0 spiro atoms. The maximum absolute atomic E-state index is 5.11. The molecule has 0 amide bonds. The molecule has 61 heavy (non-hydrogen) atoms. The van der Waals surface area contributed by atoms with E-state index in [0.717, 1.165) is 69.5 Å². The summed E-state index contributed by atoms with van der Waals surface area (Å²) in [5.74, 6) is 8.88. The Hall–Kier alpha value is -7.14. The van der Waals surface area contributed by atoms with Crippen molar-refractivity contribution in [2.45, 2.75) is 73.1 Å². The second-order valence-corrected chi connectivity index (χ2v) is 14.2. The van der Waals surface area contributed by atoms with Crippen LogP contribution in [0, 0.1) is 24.0 Å². The molecule has 8 rings (SSSR count). The van der Waals surface area contributed by atoms with Gasteiger partial charge in [-0.25, -0.2) is 15.0 Å². The van der Waals surface area contributed by atoms with Crippen LogP contribution in [-0.4, -0.2) is 21.2 Å². The van der Waals surface area contributed by atoms with Gasteiger partial charge in [-0.3, -0.25) is 4.99 Å². The highest BCUT2D eigenvalue weighted by atomic mass is 15.0. The van der Waals surface area contributed by atoms with E-state index in [2.05, 4.69) is 121 Å². The fraction of sp³-hybridized carbons (Fsp3) is 0.193. The van der Waals surface area contributed by atoms with Crippen LogP contribution in [0.25, 0.3) is 50.9 Å². The normalized spacial score (nSPS) is 16.0. The summed E-state index contributed by atoms with van der Waals surface area (Å²) in [5.41, 5.74) is 14.9. The number of fused-ring (bicyclic) bond motifs is 2. The Bertz CT molecular complexity index is 2650. The van der Waals surface area contributed by atoms with Gasteiger partial charge < -0.3 is 0 Å². The van der Waals surface area contributed by atoms with Crippen molar-refractivity contribution in [3.8, 4) is 46.0 Å². The van der Waals surface area contributed by atoms with E-state index in [0.29, 0.717) is 23.9 Å². The Labute approximate surface area is 364 Å². The predicted molar refractivity (Wildman–Crippen MR) is 259 cm³/mol. The molecule has 0 radical (unpaired) electrons. The molecule has 0 N–H and O–H groups in total. The smallest absolute Gasteiger partial charge is 0.173 e. The van der Waals surface area contributed by atoms with Gasteiger partial charge in [-0.05, 0) is 83.7 Å². The largest absolute Gasteiger partial charge is 0.261 e. The van der Waals surface area contributed by atoms with Crippen molar-refractivity contribution in [2.24, 2.45) is 4.99 Å². The van der Waals surface area contributed by atoms with E-state index in [-0.39, 0.29) is 5.92 Å². The SMILES string of the molecule is C=C/C=C(\C(N=CC)=C(/C)C=C)c1ccc(C2C#CCC3=C(/C=C\2)Cc2cc#cc(-c4nc(-c5ccccc5)nc(-c5ccc(C6=CCCC=C6)cc5)n4)c23)cc1.CC.CC. The molecule has 3 aliphatic carbocycles. The highest BCUT2D eigenvalue weighted by Crippen LogP contribution is 2.41. The first-order valence-corrected chi connectivity index (χ1v) is 21.4. The van der Waals surface area contributed by atoms with E-state index in [1.54, 1.807) is 6.08 Å². The second kappa shape index (κ2) is 21.2. The number of rotatable bonds is 10. The van der Waals surface area contributed by atoms with E-state index in [1.165, 1.54) is 27.8 Å². The van der Waals surface area contributed by atoms with E-state index in [1.807, 2.05) is 96.3 Å². The van der Waals surface area contributed by atoms with E-state index >= 15 is 0 Å². The summed E-state index contributed by atoms with van der Waals surface area (Å²) in [5, 5.41) is 0. The molecule has 4 nitrogen and oxygen atoms in total. The lowest BCUT2D eigenvalue weighted by atomic mass is 9.91. The van der Waals surface area contributed by atoms with Gasteiger partial charge in [-0.2, -0.15) is 0 Å². The van der Waals surface area contributed by atoms with E-state index < -0.39 is 0 Å². The molecular weight excluding hydrogens is 741 g/mol. The molecule has 1 heterocycles. The molecule has 4 aromatic carbocycles. The molecule has 302 valence electrons. The molecule has 0 saturated heterocycles. The number of benzene rings is 3. The number of hydrogen-bond acceptors (Lipinski definition) is 4. The molecule has 5 aromatic rings. The third-order valence-corrected chi connectivity index (χ3v) is 10.5. The van der Waals surface area contributed by atoms with Crippen LogP contribution in [0.5, 0.6) is 0 Å². The predicted octanol–water partition coefficient (Wildman–Crippen LogP) is 14.4. The van der Waals surface area contributed by atoms with Crippen molar-refractivity contribution in [3.63, 3.8) is 0 Å². The maximum Gasteiger partial charge on any atom is 0.173 e. The van der Waals surface area contributed by atoms with Crippen LogP contribution in [0.3, 0.4) is 0 Å². The Morgan fingerprint density at radius 1 is 0.803 bits per heavy atom. The Balaban J connectivity index is 0.00000151. The molecule has 1 aromatic heterocycles. The lowest BCUT2D eigenvalue weighted by molar-refractivity contribution is 1.04. The van der Waals surface area contributed by atoms with Crippen molar-refractivity contribution < 1.29 is 0 Å². The minimum absolute atomic E-state index is 0.0452. The van der Waals surface area contributed by atoms with Crippen molar-refractivity contribution in [3.05, 3.63) is 203 Å². The summed E-state index contributed by atoms with van der Waals surface area (Å²) >= 11 is 0. The fourth-order valence-electron chi connectivity index (χ4n) is 7.56. The number of aromatic nitrogens is 3. The van der Waals surface area contributed by atoms with Gasteiger partial charge in [0.05, 0.1) is 17.2 Å². The third kappa shape index (κ3) is 9.84. The highest BCUT2D eigenvalue weighted by molar-refractivity contribution is 5.88. The standard InChI is InChI=1S/C53H42N4.2C2H6/c1-5-16-47(50(54-7-3)36(4)6-2)41-30-25-40(26-31-41)38-21-14-23-46-44(34-29-38)35-45-22-15-24-48(49(45)46)53-56-51(42-19-12-9-13-20-42)55-52(57-53)43-32-27-39(28-33-43)37-17-10-8-11-18-37;2*1-2/h5-7,9-10,12-13,16-20,22,25-34,38H,1-2,8,11,23,35H2,3-4H3;2*1-2H3/b34-29-,47-16-,50-36-,54-7?;;. The summed E-state index contributed by atoms with van der Waals surface area (Å²) in [7, 11) is 0. The Morgan fingerprint density at radius 2 is 1.49 bits per heavy atom. The number of aliphatic imine (C=N–C) groups is 1. The number of nitrogens with zero attached hydrogens (tertiary/aromatic N) is 4. The Morgan fingerprint density at radius 3 is 2.15 bits per heavy atom. The molecule has 3 aliphatic rings. The van der Waals surface area contributed by atoms with Gasteiger partial charge in [-0.15, -0.1) is 0 Å². The molecule has 4 heteroatoms. The van der Waals surface area contributed by atoms with Gasteiger partial charge >= 0.3 is 0 Å². The lowest BCUT2D eigenvalue weighted by Crippen LogP contribution is -2.02. The van der Waals surface area contributed by atoms with Crippen LogP contribution in [-0.2, 0) is 6.42 Å². The molecule has 0 bridgehead atoms. The molecule has 0 saturated carbocycles. The lowest BCUT2D eigenvalue weighted by Gasteiger charge is -2.14. The van der Waals surface area contributed by atoms with Gasteiger partial charge in [-0.1, -0.05) is 192 Å². The van der Waals surface area contributed by atoms with Crippen LogP contribution in [0.1, 0.15) is 94.5 Å². The van der Waals surface area contributed by atoms with E-state index in [4.69, 9.17) is 15.0 Å². The topological polar surface area (TPSA) is 51.0 Å². The zero-order valence-corrected chi connectivity index (χ0v) is 36.4. The minimum atomic E-state index is -0.0452. The van der Waals surface area contributed by atoms with Crippen LogP contribution in [0.2, 0.25) is 0 Å². The summed E-state index contributed by atoms with van der Waals surface area (Å²) < 4.78 is 0. The molecule has 1 atom stereocenters. The average molecular weight is 795 g/mol. The minimum Gasteiger partial charge on any atom is -0.261 e. The first kappa shape index (κ1) is 43.4. The second-order valence-electron chi connectivity index (χ2n) is 14.2. The molecule has 1 unspecified atom stereocenters. The van der Waals surface area contributed by atoms with Gasteiger partial charge in [0.2, 0.25) is 0 Å². The molecular formula is C57H54N4. The van der Waals surface area contributed by atoms with Crippen LogP contribution >= 0.6 is 0 Å². The van der Waals surface area contributed by atoms with Crippen LogP contribution < -0.4 is 0 Å². The first-order chi connectivity index (χ1) is 30.0. The monoisotopic (exact) mass is 794 g/mol. The van der Waals surface area contributed by atoms with Crippen molar-refractivity contribution in [1.82, 2.24) is 15.0 Å². The Kier molecular flexibility index (Phi) is 15.1. The highest BCUT2D eigenvalue weighted by Gasteiger charge is 2.26. The van der Waals surface area contributed by atoms with Crippen molar-refractivity contribution >= 4 is 22.9 Å². The van der Waals surface area contributed by atoms with Crippen LogP contribution in [0.15, 0.2) is 169 Å². The van der Waals surface area contributed by atoms with Crippen molar-refractivity contribution in [2.75, 3.05) is 0 Å². The third-order valence-electron chi connectivity index (χ3n) is 10.5. The fourth-order valence-corrected chi connectivity index (χ4v) is 7.56. The summed E-state index contributed by atoms with van der Waals surface area (Å²) in [4.78, 5) is 19.8. The summed E-state index contributed by atoms with van der Waals surface area (Å²) in [6.07, 6.45) is 22.2. The average Bonchev–Trinajstić information content (AvgIpc) is 3.68. The quantitative estimate of drug-likeness (QED) is 0.0804. The van der Waals surface area contributed by atoms with Gasteiger partial charge in [0.25, 0.3) is 0 Å². The molecule has 0 fully saturated rings. The van der Waals surface area contributed by atoms with Gasteiger partial charge in [0, 0.05) is 34.9 Å². The maximum atomic E-state index is 5.11. The summed E-state index contributed by atoms with van der Waals surface area (Å²) in [6.45, 7) is 19.9. The summed E-state index contributed by atoms with van der Waals surface area (Å²) in [6, 6.07) is 36.0. The van der Waals surface area contributed by atoms with Gasteiger partial charge in [0.15, 0.2) is 17.5 Å². The number of allylic oxidation sites excluding steroid dienone is 13.